The second-order valence-corrected chi connectivity index (χ2v) is 3.44. The van der Waals surface area contributed by atoms with E-state index in [1.165, 1.54) is 5.56 Å². The monoisotopic (exact) mass is 189 g/mol. The molecular weight excluding hydrogens is 174 g/mol. The fourth-order valence-electron chi connectivity index (χ4n) is 1.30. The second kappa shape index (κ2) is 5.30. The van der Waals surface area contributed by atoms with Gasteiger partial charge in [0.15, 0.2) is 0 Å². The Hall–Kier alpha value is -1.47. The van der Waals surface area contributed by atoms with Gasteiger partial charge < -0.3 is 0 Å². The van der Waals surface area contributed by atoms with E-state index < -0.39 is 0 Å². The summed E-state index contributed by atoms with van der Waals surface area (Å²) in [7, 11) is 0. The minimum Gasteiger partial charge on any atom is -0.0893 e. The van der Waals surface area contributed by atoms with E-state index in [1.54, 1.807) is 0 Å². The summed E-state index contributed by atoms with van der Waals surface area (Å²) in [5, 5.41) is 3.52. The van der Waals surface area contributed by atoms with E-state index >= 15 is 0 Å². The molecule has 1 aromatic rings. The summed E-state index contributed by atoms with van der Waals surface area (Å²) < 4.78 is 0. The van der Waals surface area contributed by atoms with Crippen molar-refractivity contribution in [3.63, 3.8) is 0 Å². The van der Waals surface area contributed by atoms with Gasteiger partial charge in [-0.2, -0.15) is 0 Å². The van der Waals surface area contributed by atoms with Crippen LogP contribution in [0.25, 0.3) is 10.4 Å². The number of nitrogens with zero attached hydrogens (tertiary/aromatic N) is 3. The number of hydrogen-bond donors (Lipinski definition) is 0. The molecule has 0 heterocycles. The van der Waals surface area contributed by atoms with Crippen LogP contribution < -0.4 is 0 Å². The van der Waals surface area contributed by atoms with Gasteiger partial charge in [0.25, 0.3) is 0 Å². The molecule has 0 aromatic heterocycles. The van der Waals surface area contributed by atoms with Gasteiger partial charge in [-0.05, 0) is 29.0 Å². The quantitative estimate of drug-likeness (QED) is 0.390. The second-order valence-electron chi connectivity index (χ2n) is 3.44. The van der Waals surface area contributed by atoms with Gasteiger partial charge >= 0.3 is 0 Å². The van der Waals surface area contributed by atoms with E-state index in [4.69, 9.17) is 5.53 Å². The predicted octanol–water partition coefficient (Wildman–Crippen LogP) is 4.01. The molecule has 14 heavy (non-hydrogen) atoms. The van der Waals surface area contributed by atoms with Gasteiger partial charge in [-0.1, -0.05) is 43.2 Å². The highest BCUT2D eigenvalue weighted by Gasteiger charge is 2.01. The van der Waals surface area contributed by atoms with Crippen molar-refractivity contribution < 1.29 is 0 Å². The molecule has 0 amide bonds. The van der Waals surface area contributed by atoms with Crippen molar-refractivity contribution in [3.8, 4) is 0 Å². The molecule has 3 heteroatoms. The first-order valence-electron chi connectivity index (χ1n) is 4.87. The summed E-state index contributed by atoms with van der Waals surface area (Å²) in [6.45, 7) is 4.83. The maximum Gasteiger partial charge on any atom is 0.0510 e. The first-order valence-corrected chi connectivity index (χ1v) is 4.87. The van der Waals surface area contributed by atoms with Crippen LogP contribution in [0.15, 0.2) is 29.4 Å². The van der Waals surface area contributed by atoms with E-state index in [-0.39, 0.29) is 0 Å². The molecule has 1 atom stereocenters. The van der Waals surface area contributed by atoms with Gasteiger partial charge in [0.2, 0.25) is 0 Å². The molecule has 0 spiro atoms. The number of rotatable bonds is 4. The molecule has 0 aliphatic carbocycles. The Labute approximate surface area is 84.4 Å². The van der Waals surface area contributed by atoms with Crippen LogP contribution in [0, 0.1) is 0 Å². The zero-order chi connectivity index (χ0) is 10.4. The smallest absolute Gasteiger partial charge is 0.0510 e. The first-order chi connectivity index (χ1) is 6.77. The average Bonchev–Trinajstić information content (AvgIpc) is 2.26. The van der Waals surface area contributed by atoms with Crippen molar-refractivity contribution in [3.05, 3.63) is 45.8 Å². The van der Waals surface area contributed by atoms with Crippen molar-refractivity contribution in [2.45, 2.75) is 32.7 Å². The van der Waals surface area contributed by atoms with Gasteiger partial charge in [0.05, 0.1) is 6.54 Å². The molecule has 1 aromatic carbocycles. The maximum absolute atomic E-state index is 8.17. The lowest BCUT2D eigenvalue weighted by molar-refractivity contribution is 0.733. The SMILES string of the molecule is CCC(C)c1ccc(CN=[N+]=[N-])cc1. The van der Waals surface area contributed by atoms with Crippen LogP contribution in [0.1, 0.15) is 37.3 Å². The zero-order valence-electron chi connectivity index (χ0n) is 8.64. The maximum atomic E-state index is 8.17. The van der Waals surface area contributed by atoms with E-state index in [2.05, 4.69) is 36.0 Å². The van der Waals surface area contributed by atoms with Gasteiger partial charge in [-0.15, -0.1) is 0 Å². The van der Waals surface area contributed by atoms with Crippen LogP contribution in [0.4, 0.5) is 0 Å². The number of azide groups is 1. The topological polar surface area (TPSA) is 48.8 Å². The first kappa shape index (κ1) is 10.6. The van der Waals surface area contributed by atoms with Crippen molar-refractivity contribution in [2.24, 2.45) is 5.11 Å². The number of benzene rings is 1. The van der Waals surface area contributed by atoms with Crippen LogP contribution in [0.5, 0.6) is 0 Å². The molecule has 0 bridgehead atoms. The van der Waals surface area contributed by atoms with Crippen molar-refractivity contribution in [1.29, 1.82) is 0 Å². The Kier molecular flexibility index (Phi) is 4.02. The van der Waals surface area contributed by atoms with Crippen LogP contribution >= 0.6 is 0 Å². The van der Waals surface area contributed by atoms with Gasteiger partial charge in [0, 0.05) is 4.91 Å². The Morgan fingerprint density at radius 1 is 1.36 bits per heavy atom. The van der Waals surface area contributed by atoms with E-state index in [9.17, 15) is 0 Å². The van der Waals surface area contributed by atoms with Crippen LogP contribution in [-0.4, -0.2) is 0 Å². The van der Waals surface area contributed by atoms with Crippen molar-refractivity contribution in [2.75, 3.05) is 0 Å². The van der Waals surface area contributed by atoms with E-state index in [0.29, 0.717) is 12.5 Å². The summed E-state index contributed by atoms with van der Waals surface area (Å²) in [4.78, 5) is 2.73. The molecule has 1 rings (SSSR count). The molecule has 0 fully saturated rings. The van der Waals surface area contributed by atoms with Gasteiger partial charge in [-0.3, -0.25) is 0 Å². The summed E-state index contributed by atoms with van der Waals surface area (Å²) in [6.07, 6.45) is 1.15. The lowest BCUT2D eigenvalue weighted by Gasteiger charge is -2.08. The molecule has 0 radical (unpaired) electrons. The summed E-state index contributed by atoms with van der Waals surface area (Å²) >= 11 is 0. The summed E-state index contributed by atoms with van der Waals surface area (Å²) in [5.41, 5.74) is 10.6. The highest BCUT2D eigenvalue weighted by atomic mass is 15.1. The van der Waals surface area contributed by atoms with Crippen LogP contribution in [-0.2, 0) is 6.54 Å². The third-order valence-electron chi connectivity index (χ3n) is 2.48. The van der Waals surface area contributed by atoms with Crippen LogP contribution in [0.2, 0.25) is 0 Å². The molecule has 0 aliphatic rings. The van der Waals surface area contributed by atoms with Crippen LogP contribution in [0.3, 0.4) is 0 Å². The highest BCUT2D eigenvalue weighted by molar-refractivity contribution is 5.24. The fourth-order valence-corrected chi connectivity index (χ4v) is 1.30. The van der Waals surface area contributed by atoms with Gasteiger partial charge in [0.1, 0.15) is 0 Å². The molecular formula is C11H15N3. The summed E-state index contributed by atoms with van der Waals surface area (Å²) in [5.74, 6) is 0.600. The summed E-state index contributed by atoms with van der Waals surface area (Å²) in [6, 6.07) is 8.26. The third-order valence-corrected chi connectivity index (χ3v) is 2.48. The van der Waals surface area contributed by atoms with Crippen molar-refractivity contribution in [1.82, 2.24) is 0 Å². The molecule has 0 saturated carbocycles. The molecule has 0 saturated heterocycles. The van der Waals surface area contributed by atoms with Gasteiger partial charge in [-0.25, -0.2) is 0 Å². The molecule has 3 nitrogen and oxygen atoms in total. The lowest BCUT2D eigenvalue weighted by atomic mass is 9.98. The van der Waals surface area contributed by atoms with Crippen molar-refractivity contribution >= 4 is 0 Å². The fraction of sp³-hybridized carbons (Fsp3) is 0.455. The standard InChI is InChI=1S/C11H15N3/c1-3-9(2)11-6-4-10(5-7-11)8-13-14-12/h4-7,9H,3,8H2,1-2H3. The predicted molar refractivity (Wildman–Crippen MR) is 58.0 cm³/mol. The number of hydrogen-bond acceptors (Lipinski definition) is 1. The normalized spacial score (nSPS) is 11.9. The Balaban J connectivity index is 2.72. The minimum absolute atomic E-state index is 0.442. The molecule has 74 valence electrons. The van der Waals surface area contributed by atoms with E-state index in [1.807, 2.05) is 12.1 Å². The molecule has 0 N–H and O–H groups in total. The Morgan fingerprint density at radius 2 is 2.00 bits per heavy atom. The average molecular weight is 189 g/mol. The lowest BCUT2D eigenvalue weighted by Crippen LogP contribution is -1.91. The highest BCUT2D eigenvalue weighted by Crippen LogP contribution is 2.18. The molecule has 1 unspecified atom stereocenters. The Bertz CT molecular complexity index is 323. The Morgan fingerprint density at radius 3 is 2.50 bits per heavy atom. The zero-order valence-corrected chi connectivity index (χ0v) is 8.64. The largest absolute Gasteiger partial charge is 0.0893 e. The van der Waals surface area contributed by atoms with E-state index in [0.717, 1.165) is 12.0 Å². The molecule has 0 aliphatic heterocycles. The third kappa shape index (κ3) is 2.79. The minimum atomic E-state index is 0.442.